The third kappa shape index (κ3) is 3.43. The number of hydrogen-bond donors (Lipinski definition) is 0. The number of carbonyl (C=O) groups excluding carboxylic acids is 2. The smallest absolute Gasteiger partial charge is 0.265 e. The van der Waals surface area contributed by atoms with Gasteiger partial charge in [-0.05, 0) is 48.5 Å². The predicted octanol–water partition coefficient (Wildman–Crippen LogP) is 3.97. The topological polar surface area (TPSA) is 62.3 Å². The fourth-order valence-electron chi connectivity index (χ4n) is 5.11. The zero-order chi connectivity index (χ0) is 23.2. The van der Waals surface area contributed by atoms with Crippen LogP contribution < -0.4 is 14.7 Å². The summed E-state index contributed by atoms with van der Waals surface area (Å²) in [6.07, 6.45) is 0. The number of morpholine rings is 2. The monoisotopic (exact) mass is 477 g/mol. The number of hydrogen-bond acceptors (Lipinski definition) is 6. The van der Waals surface area contributed by atoms with Gasteiger partial charge in [-0.1, -0.05) is 11.6 Å². The summed E-state index contributed by atoms with van der Waals surface area (Å²) >= 11 is 6.04. The summed E-state index contributed by atoms with van der Waals surface area (Å²) < 4.78 is 11.1. The molecule has 0 saturated carbocycles. The first-order valence-electron chi connectivity index (χ1n) is 11.5. The van der Waals surface area contributed by atoms with Crippen LogP contribution in [-0.2, 0) is 9.47 Å². The summed E-state index contributed by atoms with van der Waals surface area (Å²) in [7, 11) is 0. The van der Waals surface area contributed by atoms with Crippen LogP contribution in [0.2, 0.25) is 5.02 Å². The molecular weight excluding hydrogens is 454 g/mol. The van der Waals surface area contributed by atoms with E-state index < -0.39 is 0 Å². The quantitative estimate of drug-likeness (QED) is 0.532. The molecule has 2 saturated heterocycles. The Morgan fingerprint density at radius 1 is 0.618 bits per heavy atom. The van der Waals surface area contributed by atoms with Gasteiger partial charge < -0.3 is 19.3 Å². The summed E-state index contributed by atoms with van der Waals surface area (Å²) in [6, 6.07) is 14.5. The average Bonchev–Trinajstić information content (AvgIpc) is 2.89. The lowest BCUT2D eigenvalue weighted by molar-refractivity contribution is 0.0893. The van der Waals surface area contributed by atoms with Gasteiger partial charge in [0, 0.05) is 64.5 Å². The van der Waals surface area contributed by atoms with E-state index in [0.29, 0.717) is 48.3 Å². The Labute approximate surface area is 202 Å². The summed E-state index contributed by atoms with van der Waals surface area (Å²) in [6.45, 7) is 5.66. The number of halogens is 1. The molecule has 0 N–H and O–H groups in total. The van der Waals surface area contributed by atoms with Gasteiger partial charge in [-0.2, -0.15) is 0 Å². The molecule has 34 heavy (non-hydrogen) atoms. The summed E-state index contributed by atoms with van der Waals surface area (Å²) in [4.78, 5) is 33.2. The molecule has 0 bridgehead atoms. The van der Waals surface area contributed by atoms with Crippen LogP contribution in [0.15, 0.2) is 48.5 Å². The van der Waals surface area contributed by atoms with E-state index in [1.807, 2.05) is 24.3 Å². The van der Waals surface area contributed by atoms with Gasteiger partial charge in [-0.25, -0.2) is 4.90 Å². The van der Waals surface area contributed by atoms with Gasteiger partial charge in [0.1, 0.15) is 0 Å². The zero-order valence-electron chi connectivity index (χ0n) is 18.6. The summed E-state index contributed by atoms with van der Waals surface area (Å²) in [5.74, 6) is -0.644. The molecule has 3 aliphatic rings. The van der Waals surface area contributed by atoms with Crippen molar-refractivity contribution in [2.75, 3.05) is 67.3 Å². The molecule has 3 heterocycles. The van der Waals surface area contributed by atoms with E-state index in [2.05, 4.69) is 9.80 Å². The molecule has 7 nitrogen and oxygen atoms in total. The standard InChI is InChI=1S/C26H24ClN3O4/c27-17-1-3-18(4-2-17)30-25(31)19-5-7-21(28-9-13-33-14-10-28)24-22(29-11-15-34-16-12-29)8-6-20(23(19)24)26(30)32/h1-8H,9-16H2. The van der Waals surface area contributed by atoms with Gasteiger partial charge >= 0.3 is 0 Å². The van der Waals surface area contributed by atoms with Crippen molar-refractivity contribution in [2.24, 2.45) is 0 Å². The van der Waals surface area contributed by atoms with E-state index in [1.54, 1.807) is 24.3 Å². The molecule has 2 fully saturated rings. The molecule has 3 aromatic rings. The number of nitrogens with zero attached hydrogens (tertiary/aromatic N) is 3. The molecule has 3 aliphatic heterocycles. The van der Waals surface area contributed by atoms with E-state index in [-0.39, 0.29) is 11.8 Å². The van der Waals surface area contributed by atoms with E-state index in [9.17, 15) is 9.59 Å². The molecular formula is C26H24ClN3O4. The molecule has 2 amide bonds. The summed E-state index contributed by atoms with van der Waals surface area (Å²) in [5.41, 5.74) is 3.64. The molecule has 0 spiro atoms. The maximum atomic E-state index is 13.7. The van der Waals surface area contributed by atoms with Crippen molar-refractivity contribution < 1.29 is 19.1 Å². The fourth-order valence-corrected chi connectivity index (χ4v) is 5.24. The Kier molecular flexibility index (Phi) is 5.40. The van der Waals surface area contributed by atoms with Crippen LogP contribution in [0.1, 0.15) is 20.7 Å². The minimum absolute atomic E-state index is 0.322. The van der Waals surface area contributed by atoms with Crippen molar-refractivity contribution in [3.8, 4) is 0 Å². The zero-order valence-corrected chi connectivity index (χ0v) is 19.4. The minimum atomic E-state index is -0.322. The van der Waals surface area contributed by atoms with Crippen LogP contribution in [0, 0.1) is 0 Å². The molecule has 0 aliphatic carbocycles. The highest BCUT2D eigenvalue weighted by Crippen LogP contribution is 2.43. The fraction of sp³-hybridized carbons (Fsp3) is 0.308. The van der Waals surface area contributed by atoms with Gasteiger partial charge in [0.05, 0.1) is 32.1 Å². The number of anilines is 3. The van der Waals surface area contributed by atoms with Crippen molar-refractivity contribution in [2.45, 2.75) is 0 Å². The SMILES string of the molecule is O=C1c2ccc(N3CCOCC3)c3c(N4CCOCC4)ccc(c23)C(=O)N1c1ccc(Cl)cc1. The van der Waals surface area contributed by atoms with Crippen LogP contribution in [0.3, 0.4) is 0 Å². The second-order valence-electron chi connectivity index (χ2n) is 8.64. The second-order valence-corrected chi connectivity index (χ2v) is 9.07. The van der Waals surface area contributed by atoms with Crippen molar-refractivity contribution in [3.05, 3.63) is 64.7 Å². The van der Waals surface area contributed by atoms with Gasteiger partial charge in [-0.3, -0.25) is 9.59 Å². The Balaban J connectivity index is 1.56. The third-order valence-electron chi connectivity index (χ3n) is 6.77. The van der Waals surface area contributed by atoms with Crippen molar-refractivity contribution in [1.82, 2.24) is 0 Å². The van der Waals surface area contributed by atoms with Crippen LogP contribution in [0.4, 0.5) is 17.1 Å². The number of carbonyl (C=O) groups is 2. The van der Waals surface area contributed by atoms with E-state index in [4.69, 9.17) is 21.1 Å². The highest BCUT2D eigenvalue weighted by molar-refractivity contribution is 6.37. The average molecular weight is 478 g/mol. The van der Waals surface area contributed by atoms with Crippen molar-refractivity contribution in [3.63, 3.8) is 0 Å². The summed E-state index contributed by atoms with van der Waals surface area (Å²) in [5, 5.41) is 2.23. The maximum Gasteiger partial charge on any atom is 0.265 e. The Morgan fingerprint density at radius 3 is 1.56 bits per heavy atom. The normalized spacial score (nSPS) is 18.7. The lowest BCUT2D eigenvalue weighted by Gasteiger charge is -2.36. The third-order valence-corrected chi connectivity index (χ3v) is 7.02. The molecule has 6 rings (SSSR count). The number of benzene rings is 3. The van der Waals surface area contributed by atoms with Gasteiger partial charge in [0.2, 0.25) is 0 Å². The van der Waals surface area contributed by atoms with E-state index in [1.165, 1.54) is 4.90 Å². The lowest BCUT2D eigenvalue weighted by atomic mass is 9.90. The first-order valence-corrected chi connectivity index (χ1v) is 11.9. The highest BCUT2D eigenvalue weighted by Gasteiger charge is 2.36. The van der Waals surface area contributed by atoms with E-state index in [0.717, 1.165) is 48.3 Å². The molecule has 174 valence electrons. The Hall–Kier alpha value is -3.13. The van der Waals surface area contributed by atoms with Crippen LogP contribution in [0.25, 0.3) is 10.8 Å². The molecule has 0 atom stereocenters. The molecule has 0 unspecified atom stereocenters. The maximum absolute atomic E-state index is 13.7. The van der Waals surface area contributed by atoms with Gasteiger partial charge in [0.25, 0.3) is 11.8 Å². The van der Waals surface area contributed by atoms with E-state index >= 15 is 0 Å². The van der Waals surface area contributed by atoms with Crippen molar-refractivity contribution >= 4 is 51.2 Å². The van der Waals surface area contributed by atoms with Crippen molar-refractivity contribution in [1.29, 1.82) is 0 Å². The molecule has 3 aromatic carbocycles. The predicted molar refractivity (Wildman–Crippen MR) is 133 cm³/mol. The number of rotatable bonds is 3. The molecule has 0 radical (unpaired) electrons. The minimum Gasteiger partial charge on any atom is -0.378 e. The second kappa shape index (κ2) is 8.58. The number of amides is 2. The van der Waals surface area contributed by atoms with Crippen LogP contribution >= 0.6 is 11.6 Å². The number of imide groups is 1. The van der Waals surface area contributed by atoms with Gasteiger partial charge in [0.15, 0.2) is 0 Å². The first kappa shape index (κ1) is 21.4. The Bertz CT molecular complexity index is 1210. The highest BCUT2D eigenvalue weighted by atomic mass is 35.5. The number of ether oxygens (including phenoxy) is 2. The molecule has 0 aromatic heterocycles. The lowest BCUT2D eigenvalue weighted by Crippen LogP contribution is -2.41. The Morgan fingerprint density at radius 2 is 1.09 bits per heavy atom. The van der Waals surface area contributed by atoms with Gasteiger partial charge in [-0.15, -0.1) is 0 Å². The largest absolute Gasteiger partial charge is 0.378 e. The molecule has 8 heteroatoms. The van der Waals surface area contributed by atoms with Crippen LogP contribution in [-0.4, -0.2) is 64.4 Å². The van der Waals surface area contributed by atoms with Crippen LogP contribution in [0.5, 0.6) is 0 Å². The first-order chi connectivity index (χ1) is 16.6.